The van der Waals surface area contributed by atoms with Crippen LogP contribution in [0.25, 0.3) is 0 Å². The van der Waals surface area contributed by atoms with Crippen molar-refractivity contribution in [2.75, 3.05) is 0 Å². The topological polar surface area (TPSA) is 43.1 Å². The molecule has 0 atom stereocenters. The molecule has 3 nitrogen and oxygen atoms in total. The molecule has 0 N–H and O–H groups in total. The number of halogens is 1. The first-order chi connectivity index (χ1) is 6.29. The number of hydrogen-bond donors (Lipinski definition) is 0. The maximum Gasteiger partial charge on any atom is 0.216 e. The van der Waals surface area contributed by atoms with Gasteiger partial charge in [0.1, 0.15) is 5.69 Å². The average molecular weight is 258 g/mol. The van der Waals surface area contributed by atoms with Gasteiger partial charge in [0.25, 0.3) is 0 Å². The third kappa shape index (κ3) is 1.57. The van der Waals surface area contributed by atoms with Crippen LogP contribution in [0.3, 0.4) is 0 Å². The highest BCUT2D eigenvalue weighted by Crippen LogP contribution is 2.20. The number of nitrogens with zero attached hydrogens (tertiary/aromatic N) is 1. The lowest BCUT2D eigenvalue weighted by Crippen LogP contribution is -1.99. The third-order valence-electron chi connectivity index (χ3n) is 1.53. The summed E-state index contributed by atoms with van der Waals surface area (Å²) >= 11 is 4.39. The highest BCUT2D eigenvalue weighted by Gasteiger charge is 2.15. The van der Waals surface area contributed by atoms with E-state index in [0.29, 0.717) is 15.9 Å². The normalized spacial score (nSPS) is 10.2. The molecule has 0 fully saturated rings. The van der Waals surface area contributed by atoms with Gasteiger partial charge >= 0.3 is 0 Å². The summed E-state index contributed by atoms with van der Waals surface area (Å²) in [5, 5.41) is 1.77. The predicted octanol–water partition coefficient (Wildman–Crippen LogP) is 2.73. The maximum absolute atomic E-state index is 11.6. The van der Waals surface area contributed by atoms with Gasteiger partial charge < -0.3 is 4.42 Å². The Kier molecular flexibility index (Phi) is 2.28. The molecule has 2 rings (SSSR count). The number of rotatable bonds is 2. The van der Waals surface area contributed by atoms with Gasteiger partial charge in [-0.1, -0.05) is 0 Å². The van der Waals surface area contributed by atoms with Gasteiger partial charge in [-0.25, -0.2) is 0 Å². The molecule has 2 heterocycles. The van der Waals surface area contributed by atoms with E-state index in [2.05, 4.69) is 20.3 Å². The van der Waals surface area contributed by atoms with Crippen LogP contribution < -0.4 is 0 Å². The molecule has 0 amide bonds. The van der Waals surface area contributed by atoms with Crippen molar-refractivity contribution in [3.8, 4) is 0 Å². The molecule has 0 unspecified atom stereocenters. The second-order valence-electron chi connectivity index (χ2n) is 2.32. The van der Waals surface area contributed by atoms with E-state index in [0.717, 1.165) is 0 Å². The van der Waals surface area contributed by atoms with Crippen LogP contribution in [0.1, 0.15) is 16.1 Å². The molecule has 2 aromatic heterocycles. The molecule has 0 spiro atoms. The summed E-state index contributed by atoms with van der Waals surface area (Å²) in [6.45, 7) is 0. The summed E-state index contributed by atoms with van der Waals surface area (Å²) in [7, 11) is 0. The Labute approximate surface area is 86.7 Å². The molecule has 0 saturated carbocycles. The van der Waals surface area contributed by atoms with Crippen LogP contribution in [0.5, 0.6) is 0 Å². The summed E-state index contributed by atoms with van der Waals surface area (Å²) in [5.74, 6) is -0.123. The van der Waals surface area contributed by atoms with Crippen molar-refractivity contribution in [3.05, 3.63) is 39.7 Å². The fourth-order valence-electron chi connectivity index (χ4n) is 0.923. The van der Waals surface area contributed by atoms with Gasteiger partial charge in [-0.05, 0) is 39.6 Å². The molecular weight excluding hydrogens is 254 g/mol. The van der Waals surface area contributed by atoms with Crippen molar-refractivity contribution in [2.24, 2.45) is 0 Å². The fourth-order valence-corrected chi connectivity index (χ4v) is 1.85. The minimum Gasteiger partial charge on any atom is -0.457 e. The Morgan fingerprint density at radius 1 is 1.54 bits per heavy atom. The number of carbonyl (C=O) groups is 1. The zero-order valence-electron chi connectivity index (χ0n) is 6.36. The molecule has 0 aliphatic carbocycles. The van der Waals surface area contributed by atoms with Crippen LogP contribution in [-0.4, -0.2) is 10.2 Å². The zero-order chi connectivity index (χ0) is 9.26. The summed E-state index contributed by atoms with van der Waals surface area (Å²) in [5.41, 5.74) is 0.956. The van der Waals surface area contributed by atoms with Crippen LogP contribution in [0, 0.1) is 0 Å². The third-order valence-corrected chi connectivity index (χ3v) is 2.71. The molecule has 66 valence electrons. The highest BCUT2D eigenvalue weighted by atomic mass is 79.9. The van der Waals surface area contributed by atoms with Crippen molar-refractivity contribution in [1.29, 1.82) is 0 Å². The van der Waals surface area contributed by atoms with Gasteiger partial charge in [-0.2, -0.15) is 4.37 Å². The van der Waals surface area contributed by atoms with E-state index >= 15 is 0 Å². The minimum atomic E-state index is -0.123. The van der Waals surface area contributed by atoms with Gasteiger partial charge in [-0.15, -0.1) is 0 Å². The minimum absolute atomic E-state index is 0.123. The summed E-state index contributed by atoms with van der Waals surface area (Å²) in [6.07, 6.45) is 1.46. The molecule has 13 heavy (non-hydrogen) atoms. The van der Waals surface area contributed by atoms with Crippen LogP contribution in [-0.2, 0) is 0 Å². The first-order valence-corrected chi connectivity index (χ1v) is 5.10. The molecule has 0 aliphatic rings. The van der Waals surface area contributed by atoms with Crippen LogP contribution >= 0.6 is 27.5 Å². The molecular formula is C8H4BrNO2S. The molecule has 2 aromatic rings. The van der Waals surface area contributed by atoms with E-state index in [1.54, 1.807) is 17.5 Å². The van der Waals surface area contributed by atoms with E-state index in [1.807, 2.05) is 0 Å². The predicted molar refractivity (Wildman–Crippen MR) is 52.0 cm³/mol. The van der Waals surface area contributed by atoms with Crippen LogP contribution in [0.4, 0.5) is 0 Å². The van der Waals surface area contributed by atoms with Crippen molar-refractivity contribution in [1.82, 2.24) is 4.37 Å². The lowest BCUT2D eigenvalue weighted by atomic mass is 10.2. The van der Waals surface area contributed by atoms with E-state index in [1.165, 1.54) is 17.8 Å². The fraction of sp³-hybridized carbons (Fsp3) is 0. The molecule has 0 aromatic carbocycles. The van der Waals surface area contributed by atoms with Crippen molar-refractivity contribution >= 4 is 33.2 Å². The Balaban J connectivity index is 2.39. The number of furan rings is 1. The molecule has 0 aliphatic heterocycles. The van der Waals surface area contributed by atoms with Crippen LogP contribution in [0.15, 0.2) is 32.9 Å². The summed E-state index contributed by atoms with van der Waals surface area (Å²) < 4.78 is 9.35. The zero-order valence-corrected chi connectivity index (χ0v) is 8.76. The van der Waals surface area contributed by atoms with Gasteiger partial charge in [-0.3, -0.25) is 4.79 Å². The second kappa shape index (κ2) is 3.43. The molecule has 0 saturated heterocycles. The summed E-state index contributed by atoms with van der Waals surface area (Å²) in [4.78, 5) is 11.6. The van der Waals surface area contributed by atoms with E-state index in [4.69, 9.17) is 4.42 Å². The lowest BCUT2D eigenvalue weighted by Gasteiger charge is -1.91. The van der Waals surface area contributed by atoms with Gasteiger partial charge in [0, 0.05) is 5.38 Å². The second-order valence-corrected chi connectivity index (χ2v) is 3.71. The number of hydrogen-bond acceptors (Lipinski definition) is 4. The average Bonchev–Trinajstić information content (AvgIpc) is 2.72. The Morgan fingerprint density at radius 3 is 2.92 bits per heavy atom. The maximum atomic E-state index is 11.6. The SMILES string of the molecule is O=C(c1ccsn1)c1ccoc1Br. The van der Waals surface area contributed by atoms with E-state index < -0.39 is 0 Å². The van der Waals surface area contributed by atoms with Gasteiger partial charge in [0.15, 0.2) is 4.67 Å². The number of aromatic nitrogens is 1. The van der Waals surface area contributed by atoms with Gasteiger partial charge in [0.05, 0.1) is 11.8 Å². The van der Waals surface area contributed by atoms with Crippen molar-refractivity contribution in [3.63, 3.8) is 0 Å². The first-order valence-electron chi connectivity index (χ1n) is 3.47. The Bertz CT molecular complexity index is 421. The largest absolute Gasteiger partial charge is 0.457 e. The molecule has 5 heteroatoms. The monoisotopic (exact) mass is 257 g/mol. The first kappa shape index (κ1) is 8.65. The highest BCUT2D eigenvalue weighted by molar-refractivity contribution is 9.10. The summed E-state index contributed by atoms with van der Waals surface area (Å²) in [6, 6.07) is 3.30. The quantitative estimate of drug-likeness (QED) is 0.778. The van der Waals surface area contributed by atoms with E-state index in [9.17, 15) is 4.79 Å². The molecule has 0 radical (unpaired) electrons. The van der Waals surface area contributed by atoms with Crippen LogP contribution in [0.2, 0.25) is 0 Å². The lowest BCUT2D eigenvalue weighted by molar-refractivity contribution is 0.103. The smallest absolute Gasteiger partial charge is 0.216 e. The number of ketones is 1. The molecule has 0 bridgehead atoms. The Morgan fingerprint density at radius 2 is 2.38 bits per heavy atom. The Hall–Kier alpha value is -0.940. The van der Waals surface area contributed by atoms with Gasteiger partial charge in [0.2, 0.25) is 5.78 Å². The van der Waals surface area contributed by atoms with E-state index in [-0.39, 0.29) is 5.78 Å². The standard InChI is InChI=1S/C8H4BrNO2S/c9-8-5(1-3-12-8)7(11)6-2-4-13-10-6/h1-4H. The van der Waals surface area contributed by atoms with Crippen molar-refractivity contribution in [2.45, 2.75) is 0 Å². The van der Waals surface area contributed by atoms with Crippen molar-refractivity contribution < 1.29 is 9.21 Å². The number of carbonyl (C=O) groups excluding carboxylic acids is 1.